The minimum atomic E-state index is 0.183. The second-order valence-electron chi connectivity index (χ2n) is 5.39. The summed E-state index contributed by atoms with van der Waals surface area (Å²) in [6.45, 7) is 2.06. The Morgan fingerprint density at radius 2 is 1.53 bits per heavy atom. The molecular weight excluding hydrogens is 232 g/mol. The van der Waals surface area contributed by atoms with E-state index in [-0.39, 0.29) is 5.92 Å². The highest BCUT2D eigenvalue weighted by molar-refractivity contribution is 5.84. The Bertz CT molecular complexity index is 568. The first-order valence-corrected chi connectivity index (χ1v) is 6.94. The Morgan fingerprint density at radius 3 is 2.11 bits per heavy atom. The molecule has 2 atom stereocenters. The van der Waals surface area contributed by atoms with Gasteiger partial charge in [-0.25, -0.2) is 0 Å². The zero-order chi connectivity index (χ0) is 13.2. The largest absolute Gasteiger partial charge is 0.299 e. The highest BCUT2D eigenvalue weighted by atomic mass is 16.1. The summed E-state index contributed by atoms with van der Waals surface area (Å²) in [5, 5.41) is 0. The topological polar surface area (TPSA) is 17.1 Å². The summed E-state index contributed by atoms with van der Waals surface area (Å²) in [6, 6.07) is 19.1. The summed E-state index contributed by atoms with van der Waals surface area (Å²) in [5.41, 5.74) is 3.78. The van der Waals surface area contributed by atoms with E-state index in [0.717, 1.165) is 12.8 Å². The van der Waals surface area contributed by atoms with Crippen molar-refractivity contribution in [2.45, 2.75) is 25.7 Å². The molecule has 1 aliphatic rings. The van der Waals surface area contributed by atoms with E-state index in [2.05, 4.69) is 55.5 Å². The first-order valence-electron chi connectivity index (χ1n) is 6.94. The fraction of sp³-hybridized carbons (Fsp3) is 0.278. The second-order valence-corrected chi connectivity index (χ2v) is 5.39. The van der Waals surface area contributed by atoms with Crippen molar-refractivity contribution in [1.29, 1.82) is 0 Å². The van der Waals surface area contributed by atoms with Gasteiger partial charge in [0, 0.05) is 12.3 Å². The number of carbonyl (C=O) groups is 1. The van der Waals surface area contributed by atoms with Gasteiger partial charge in [-0.3, -0.25) is 4.79 Å². The molecule has 0 radical (unpaired) electrons. The lowest BCUT2D eigenvalue weighted by atomic mass is 9.89. The summed E-state index contributed by atoms with van der Waals surface area (Å²) in [4.78, 5) is 11.6. The van der Waals surface area contributed by atoms with Gasteiger partial charge < -0.3 is 0 Å². The molecule has 96 valence electrons. The van der Waals surface area contributed by atoms with E-state index in [1.165, 1.54) is 16.7 Å². The molecule has 1 aliphatic carbocycles. The average Bonchev–Trinajstić information content (AvgIpc) is 2.80. The van der Waals surface area contributed by atoms with Gasteiger partial charge in [0.25, 0.3) is 0 Å². The van der Waals surface area contributed by atoms with Gasteiger partial charge in [-0.2, -0.15) is 0 Å². The highest BCUT2D eigenvalue weighted by Gasteiger charge is 2.31. The second kappa shape index (κ2) is 5.00. The van der Waals surface area contributed by atoms with Gasteiger partial charge in [0.05, 0.1) is 0 Å². The number of ketones is 1. The van der Waals surface area contributed by atoms with Crippen LogP contribution in [0.25, 0.3) is 11.1 Å². The van der Waals surface area contributed by atoms with Crippen LogP contribution in [-0.4, -0.2) is 5.78 Å². The Morgan fingerprint density at radius 1 is 0.895 bits per heavy atom. The van der Waals surface area contributed by atoms with Crippen molar-refractivity contribution in [1.82, 2.24) is 0 Å². The molecule has 2 aromatic rings. The Labute approximate surface area is 114 Å². The van der Waals surface area contributed by atoms with Gasteiger partial charge >= 0.3 is 0 Å². The van der Waals surface area contributed by atoms with Crippen LogP contribution in [0.3, 0.4) is 0 Å². The minimum absolute atomic E-state index is 0.183. The van der Waals surface area contributed by atoms with Gasteiger partial charge in [0.15, 0.2) is 0 Å². The summed E-state index contributed by atoms with van der Waals surface area (Å²) in [7, 11) is 0. The number of hydrogen-bond acceptors (Lipinski definition) is 1. The van der Waals surface area contributed by atoms with Crippen molar-refractivity contribution in [3.05, 3.63) is 60.2 Å². The lowest BCUT2D eigenvalue weighted by molar-refractivity contribution is -0.120. The fourth-order valence-corrected chi connectivity index (χ4v) is 3.01. The highest BCUT2D eigenvalue weighted by Crippen LogP contribution is 2.37. The molecule has 1 nitrogen and oxygen atoms in total. The van der Waals surface area contributed by atoms with Crippen molar-refractivity contribution < 1.29 is 4.79 Å². The van der Waals surface area contributed by atoms with Crippen molar-refractivity contribution in [2.24, 2.45) is 5.92 Å². The predicted octanol–water partition coefficient (Wildman–Crippen LogP) is 4.44. The molecule has 0 aromatic heterocycles. The van der Waals surface area contributed by atoms with Crippen LogP contribution >= 0.6 is 0 Å². The maximum atomic E-state index is 11.6. The van der Waals surface area contributed by atoms with Gasteiger partial charge in [0.2, 0.25) is 0 Å². The Balaban J connectivity index is 1.86. The van der Waals surface area contributed by atoms with E-state index in [1.54, 1.807) is 0 Å². The zero-order valence-electron chi connectivity index (χ0n) is 11.2. The molecule has 0 aliphatic heterocycles. The number of Topliss-reactive ketones (excluding diaryl/α,β-unsaturated/α-hetero) is 1. The first-order chi connectivity index (χ1) is 9.25. The van der Waals surface area contributed by atoms with Crippen LogP contribution in [0, 0.1) is 5.92 Å². The fourth-order valence-electron chi connectivity index (χ4n) is 3.01. The number of hydrogen-bond donors (Lipinski definition) is 0. The minimum Gasteiger partial charge on any atom is -0.299 e. The first kappa shape index (κ1) is 12.2. The zero-order valence-corrected chi connectivity index (χ0v) is 11.2. The van der Waals surface area contributed by atoms with Crippen molar-refractivity contribution in [3.8, 4) is 11.1 Å². The molecular formula is C18H18O. The number of rotatable bonds is 2. The van der Waals surface area contributed by atoms with Gasteiger partial charge in [-0.1, -0.05) is 61.5 Å². The van der Waals surface area contributed by atoms with Crippen molar-refractivity contribution in [2.75, 3.05) is 0 Å². The van der Waals surface area contributed by atoms with E-state index in [9.17, 15) is 4.79 Å². The van der Waals surface area contributed by atoms with Crippen LogP contribution in [0.1, 0.15) is 31.2 Å². The van der Waals surface area contributed by atoms with E-state index < -0.39 is 0 Å². The molecule has 0 N–H and O–H groups in total. The third kappa shape index (κ3) is 2.33. The Hall–Kier alpha value is -1.89. The van der Waals surface area contributed by atoms with Crippen LogP contribution < -0.4 is 0 Å². The SMILES string of the molecule is CC1C(=O)CCC1c1ccc(-c2ccccc2)cc1. The van der Waals surface area contributed by atoms with Gasteiger partial charge in [-0.05, 0) is 29.0 Å². The van der Waals surface area contributed by atoms with E-state index in [0.29, 0.717) is 11.7 Å². The third-order valence-corrected chi connectivity index (χ3v) is 4.26. The molecule has 19 heavy (non-hydrogen) atoms. The molecule has 0 bridgehead atoms. The standard InChI is InChI=1S/C18H18O/c1-13-17(11-12-18(13)19)16-9-7-15(8-10-16)14-5-3-2-4-6-14/h2-10,13,17H,11-12H2,1H3. The normalized spacial score (nSPS) is 22.7. The van der Waals surface area contributed by atoms with Crippen LogP contribution in [-0.2, 0) is 4.79 Å². The maximum Gasteiger partial charge on any atom is 0.136 e. The van der Waals surface area contributed by atoms with E-state index in [1.807, 2.05) is 6.07 Å². The number of benzene rings is 2. The molecule has 0 heterocycles. The molecule has 2 unspecified atom stereocenters. The van der Waals surface area contributed by atoms with Gasteiger partial charge in [-0.15, -0.1) is 0 Å². The molecule has 3 rings (SSSR count). The quantitative estimate of drug-likeness (QED) is 0.770. The molecule has 0 amide bonds. The molecule has 0 saturated heterocycles. The maximum absolute atomic E-state index is 11.6. The molecule has 1 heteroatoms. The third-order valence-electron chi connectivity index (χ3n) is 4.26. The number of carbonyl (C=O) groups excluding carboxylic acids is 1. The monoisotopic (exact) mass is 250 g/mol. The Kier molecular flexibility index (Phi) is 3.20. The van der Waals surface area contributed by atoms with Crippen LogP contribution in [0.15, 0.2) is 54.6 Å². The van der Waals surface area contributed by atoms with Crippen LogP contribution in [0.5, 0.6) is 0 Å². The van der Waals surface area contributed by atoms with Crippen molar-refractivity contribution >= 4 is 5.78 Å². The van der Waals surface area contributed by atoms with E-state index in [4.69, 9.17) is 0 Å². The summed E-state index contributed by atoms with van der Waals surface area (Å²) >= 11 is 0. The van der Waals surface area contributed by atoms with Crippen LogP contribution in [0.2, 0.25) is 0 Å². The lowest BCUT2D eigenvalue weighted by Crippen LogP contribution is -2.08. The van der Waals surface area contributed by atoms with Gasteiger partial charge in [0.1, 0.15) is 5.78 Å². The lowest BCUT2D eigenvalue weighted by Gasteiger charge is -2.15. The summed E-state index contributed by atoms with van der Waals surface area (Å²) in [5.74, 6) is 1.01. The van der Waals surface area contributed by atoms with Crippen LogP contribution in [0.4, 0.5) is 0 Å². The average molecular weight is 250 g/mol. The van der Waals surface area contributed by atoms with E-state index >= 15 is 0 Å². The molecule has 1 fully saturated rings. The molecule has 2 aromatic carbocycles. The summed E-state index contributed by atoms with van der Waals surface area (Å²) < 4.78 is 0. The van der Waals surface area contributed by atoms with Crippen molar-refractivity contribution in [3.63, 3.8) is 0 Å². The summed E-state index contributed by atoms with van der Waals surface area (Å²) in [6.07, 6.45) is 1.75. The molecule has 0 spiro atoms. The predicted molar refractivity (Wildman–Crippen MR) is 78.0 cm³/mol. The smallest absolute Gasteiger partial charge is 0.136 e. The molecule has 1 saturated carbocycles.